The van der Waals surface area contributed by atoms with E-state index in [1.54, 1.807) is 12.2 Å². The van der Waals surface area contributed by atoms with Crippen molar-refractivity contribution >= 4 is 5.78 Å². The maximum Gasteiger partial charge on any atom is 0.178 e. The van der Waals surface area contributed by atoms with Gasteiger partial charge in [-0.25, -0.2) is 0 Å². The topological polar surface area (TPSA) is 46.5 Å². The molecule has 0 saturated carbocycles. The van der Waals surface area contributed by atoms with Gasteiger partial charge in [-0.3, -0.25) is 4.79 Å². The second kappa shape index (κ2) is 4.75. The Bertz CT molecular complexity index is 312. The van der Waals surface area contributed by atoms with Crippen molar-refractivity contribution in [1.29, 1.82) is 0 Å². The van der Waals surface area contributed by atoms with Gasteiger partial charge in [0.15, 0.2) is 5.78 Å². The molecule has 0 fully saturated rings. The molecule has 1 N–H and O–H groups in total. The predicted molar refractivity (Wildman–Crippen MR) is 52.5 cm³/mol. The molecule has 1 aliphatic rings. The minimum absolute atomic E-state index is 0.0347. The molecule has 0 bridgehead atoms. The largest absolute Gasteiger partial charge is 0.384 e. The molecule has 0 amide bonds. The molecule has 0 aromatic carbocycles. The number of hydrogen-bond acceptors (Lipinski definition) is 3. The summed E-state index contributed by atoms with van der Waals surface area (Å²) in [6, 6.07) is 0. The Kier molecular flexibility index (Phi) is 3.63. The van der Waals surface area contributed by atoms with Crippen LogP contribution in [-0.2, 0) is 9.53 Å². The maximum atomic E-state index is 10.8. The van der Waals surface area contributed by atoms with Crippen molar-refractivity contribution in [3.05, 3.63) is 24.3 Å². The van der Waals surface area contributed by atoms with Crippen LogP contribution in [-0.4, -0.2) is 29.7 Å². The Labute approximate surface area is 83.1 Å². The molecule has 0 heterocycles. The van der Waals surface area contributed by atoms with Crippen molar-refractivity contribution in [3.63, 3.8) is 0 Å². The number of ketones is 1. The number of carbonyl (C=O) groups is 1. The first kappa shape index (κ1) is 10.7. The van der Waals surface area contributed by atoms with Crippen molar-refractivity contribution in [3.8, 4) is 11.8 Å². The van der Waals surface area contributed by atoms with Crippen LogP contribution in [0.15, 0.2) is 24.3 Å². The van der Waals surface area contributed by atoms with Gasteiger partial charge in [0.2, 0.25) is 0 Å². The van der Waals surface area contributed by atoms with Crippen molar-refractivity contribution in [2.24, 2.45) is 0 Å². The van der Waals surface area contributed by atoms with Gasteiger partial charge in [-0.05, 0) is 31.2 Å². The summed E-state index contributed by atoms with van der Waals surface area (Å²) in [5.74, 6) is 5.09. The molecule has 1 aliphatic carbocycles. The predicted octanol–water partition coefficient (Wildman–Crippen LogP) is 0.452. The molecule has 0 spiro atoms. The first-order valence-corrected chi connectivity index (χ1v) is 4.29. The molecule has 3 heteroatoms. The lowest BCUT2D eigenvalue weighted by molar-refractivity contribution is -0.110. The highest BCUT2D eigenvalue weighted by Crippen LogP contribution is 2.17. The van der Waals surface area contributed by atoms with Crippen LogP contribution in [0.1, 0.15) is 6.92 Å². The zero-order valence-electron chi connectivity index (χ0n) is 7.99. The van der Waals surface area contributed by atoms with E-state index in [-0.39, 0.29) is 19.0 Å². The number of rotatable bonds is 2. The fourth-order valence-electron chi connectivity index (χ4n) is 1.00. The lowest BCUT2D eigenvalue weighted by Crippen LogP contribution is -2.26. The second-order valence-corrected chi connectivity index (χ2v) is 3.05. The van der Waals surface area contributed by atoms with E-state index in [2.05, 4.69) is 11.8 Å². The number of ether oxygens (including phenoxy) is 1. The van der Waals surface area contributed by atoms with Crippen LogP contribution in [0, 0.1) is 11.8 Å². The van der Waals surface area contributed by atoms with Crippen molar-refractivity contribution in [2.75, 3.05) is 13.2 Å². The monoisotopic (exact) mass is 192 g/mol. The van der Waals surface area contributed by atoms with Crippen molar-refractivity contribution < 1.29 is 14.6 Å². The summed E-state index contributed by atoms with van der Waals surface area (Å²) in [7, 11) is 0. The van der Waals surface area contributed by atoms with E-state index in [1.165, 1.54) is 12.2 Å². The first-order valence-electron chi connectivity index (χ1n) is 4.29. The smallest absolute Gasteiger partial charge is 0.178 e. The summed E-state index contributed by atoms with van der Waals surface area (Å²) >= 11 is 0. The number of hydrogen-bond donors (Lipinski definition) is 1. The third-order valence-corrected chi connectivity index (χ3v) is 1.82. The standard InChI is InChI=1S/C11H12O3/c1-11(14-9-3-2-8-12)6-4-10(13)5-7-11/h4-7,12H,8-9H2,1H3. The van der Waals surface area contributed by atoms with E-state index in [4.69, 9.17) is 9.84 Å². The van der Waals surface area contributed by atoms with Crippen molar-refractivity contribution in [1.82, 2.24) is 0 Å². The first-order chi connectivity index (χ1) is 6.66. The van der Waals surface area contributed by atoms with E-state index in [9.17, 15) is 4.79 Å². The van der Waals surface area contributed by atoms with E-state index in [1.807, 2.05) is 6.92 Å². The van der Waals surface area contributed by atoms with Crippen molar-refractivity contribution in [2.45, 2.75) is 12.5 Å². The van der Waals surface area contributed by atoms with E-state index in [0.717, 1.165) is 0 Å². The van der Waals surface area contributed by atoms with Gasteiger partial charge in [-0.15, -0.1) is 0 Å². The quantitative estimate of drug-likeness (QED) is 0.646. The molecule has 0 atom stereocenters. The van der Waals surface area contributed by atoms with Gasteiger partial charge in [0.1, 0.15) is 18.8 Å². The third-order valence-electron chi connectivity index (χ3n) is 1.82. The van der Waals surface area contributed by atoms with Gasteiger partial charge < -0.3 is 9.84 Å². The van der Waals surface area contributed by atoms with Gasteiger partial charge in [-0.2, -0.15) is 0 Å². The van der Waals surface area contributed by atoms with Gasteiger partial charge >= 0.3 is 0 Å². The summed E-state index contributed by atoms with van der Waals surface area (Å²) in [5, 5.41) is 8.40. The summed E-state index contributed by atoms with van der Waals surface area (Å²) < 4.78 is 5.41. The Morgan fingerprint density at radius 3 is 2.64 bits per heavy atom. The molecule has 14 heavy (non-hydrogen) atoms. The fraction of sp³-hybridized carbons (Fsp3) is 0.364. The lowest BCUT2D eigenvalue weighted by atomic mass is 10.00. The van der Waals surface area contributed by atoms with Gasteiger partial charge in [-0.1, -0.05) is 11.8 Å². The van der Waals surface area contributed by atoms with Crippen LogP contribution in [0.4, 0.5) is 0 Å². The van der Waals surface area contributed by atoms with Gasteiger partial charge in [0.25, 0.3) is 0 Å². The summed E-state index contributed by atoms with van der Waals surface area (Å²) in [4.78, 5) is 10.8. The van der Waals surface area contributed by atoms with Crippen LogP contribution in [0.5, 0.6) is 0 Å². The summed E-state index contributed by atoms with van der Waals surface area (Å²) in [5.41, 5.74) is -0.557. The Morgan fingerprint density at radius 2 is 2.07 bits per heavy atom. The summed E-state index contributed by atoms with van der Waals surface area (Å²) in [6.07, 6.45) is 6.32. The Balaban J connectivity index is 2.48. The molecule has 0 saturated heterocycles. The molecule has 0 radical (unpaired) electrons. The molecule has 0 aromatic heterocycles. The number of aliphatic hydroxyl groups excluding tert-OH is 1. The minimum Gasteiger partial charge on any atom is -0.384 e. The van der Waals surface area contributed by atoms with Crippen LogP contribution in [0.3, 0.4) is 0 Å². The maximum absolute atomic E-state index is 10.8. The lowest BCUT2D eigenvalue weighted by Gasteiger charge is -2.22. The zero-order valence-corrected chi connectivity index (χ0v) is 7.99. The SMILES string of the molecule is CC1(OCC#CCO)C=CC(=O)C=C1. The average Bonchev–Trinajstić information content (AvgIpc) is 2.18. The molecular weight excluding hydrogens is 180 g/mol. The molecule has 74 valence electrons. The van der Waals surface area contributed by atoms with Crippen LogP contribution >= 0.6 is 0 Å². The van der Waals surface area contributed by atoms with Crippen LogP contribution < -0.4 is 0 Å². The molecule has 0 unspecified atom stereocenters. The van der Waals surface area contributed by atoms with E-state index in [0.29, 0.717) is 0 Å². The van der Waals surface area contributed by atoms with Gasteiger partial charge in [0.05, 0.1) is 0 Å². The molecule has 3 nitrogen and oxygen atoms in total. The molecule has 0 aromatic rings. The zero-order chi connectivity index (χ0) is 10.4. The highest BCUT2D eigenvalue weighted by atomic mass is 16.5. The average molecular weight is 192 g/mol. The summed E-state index contributed by atoms with van der Waals surface area (Å²) in [6.45, 7) is 1.91. The Morgan fingerprint density at radius 1 is 1.43 bits per heavy atom. The van der Waals surface area contributed by atoms with E-state index >= 15 is 0 Å². The fourth-order valence-corrected chi connectivity index (χ4v) is 1.00. The number of carbonyl (C=O) groups excluding carboxylic acids is 1. The highest BCUT2D eigenvalue weighted by Gasteiger charge is 2.20. The van der Waals surface area contributed by atoms with Crippen LogP contribution in [0.25, 0.3) is 0 Å². The van der Waals surface area contributed by atoms with E-state index < -0.39 is 5.60 Å². The number of aliphatic hydroxyl groups is 1. The highest BCUT2D eigenvalue weighted by molar-refractivity contribution is 6.00. The normalized spacial score (nSPS) is 17.7. The minimum atomic E-state index is -0.557. The Hall–Kier alpha value is -1.37. The van der Waals surface area contributed by atoms with Gasteiger partial charge in [0, 0.05) is 0 Å². The second-order valence-electron chi connectivity index (χ2n) is 3.05. The molecular formula is C11H12O3. The third kappa shape index (κ3) is 3.17. The number of allylic oxidation sites excluding steroid dienone is 2. The van der Waals surface area contributed by atoms with Crippen LogP contribution in [0.2, 0.25) is 0 Å². The molecule has 1 rings (SSSR count). The molecule has 0 aliphatic heterocycles.